The average Bonchev–Trinajstić information content (AvgIpc) is 2.55. The molecule has 0 atom stereocenters. The van der Waals surface area contributed by atoms with Gasteiger partial charge in [0.15, 0.2) is 5.49 Å². The van der Waals surface area contributed by atoms with Gasteiger partial charge in [-0.25, -0.2) is 0 Å². The molecule has 0 aliphatic heterocycles. The number of nitrogen functional groups attached to an aromatic ring is 1. The van der Waals surface area contributed by atoms with Gasteiger partial charge in [-0.3, -0.25) is 4.99 Å². The van der Waals surface area contributed by atoms with E-state index in [4.69, 9.17) is 10.5 Å². The second kappa shape index (κ2) is 11.8. The largest absolute Gasteiger partial charge is 0.477 e. The van der Waals surface area contributed by atoms with Crippen LogP contribution in [0.2, 0.25) is 0 Å². The fourth-order valence-corrected chi connectivity index (χ4v) is 2.31. The van der Waals surface area contributed by atoms with Gasteiger partial charge in [0.25, 0.3) is 0 Å². The zero-order valence-electron chi connectivity index (χ0n) is 14.6. The lowest BCUT2D eigenvalue weighted by atomic mass is 10.1. The first-order valence-electron chi connectivity index (χ1n) is 8.91. The molecule has 6 nitrogen and oxygen atoms in total. The summed E-state index contributed by atoms with van der Waals surface area (Å²) in [6.07, 6.45) is 10.9. The van der Waals surface area contributed by atoms with Gasteiger partial charge < -0.3 is 15.7 Å². The van der Waals surface area contributed by atoms with E-state index in [2.05, 4.69) is 16.9 Å². The average molecular weight is 324 g/mol. The second-order valence-electron chi connectivity index (χ2n) is 5.83. The summed E-state index contributed by atoms with van der Waals surface area (Å²) in [5.74, 6) is 0.401. The minimum atomic E-state index is -0.00622. The van der Waals surface area contributed by atoms with Crippen LogP contribution in [0.3, 0.4) is 0 Å². The van der Waals surface area contributed by atoms with E-state index in [1.165, 1.54) is 44.9 Å². The van der Waals surface area contributed by atoms with Crippen LogP contribution < -0.4 is 16.0 Å². The predicted molar refractivity (Wildman–Crippen MR) is 92.6 cm³/mol. The molecule has 1 aromatic heterocycles. The third kappa shape index (κ3) is 7.90. The summed E-state index contributed by atoms with van der Waals surface area (Å²) < 4.78 is 6.26. The van der Waals surface area contributed by atoms with Crippen molar-refractivity contribution in [3.05, 3.63) is 11.6 Å². The van der Waals surface area contributed by atoms with Crippen LogP contribution >= 0.6 is 0 Å². The summed E-state index contributed by atoms with van der Waals surface area (Å²) in [6, 6.07) is 1.62. The lowest BCUT2D eigenvalue weighted by Gasteiger charge is -2.07. The number of hydrogen-bond donors (Lipinski definition) is 2. The molecular formula is C17H32N4O2. The third-order valence-electron chi connectivity index (χ3n) is 3.65. The zero-order chi connectivity index (χ0) is 16.9. The van der Waals surface area contributed by atoms with E-state index in [9.17, 15) is 5.21 Å². The van der Waals surface area contributed by atoms with Crippen molar-refractivity contribution < 1.29 is 9.94 Å². The molecule has 1 heterocycles. The highest BCUT2D eigenvalue weighted by atomic mass is 16.5. The van der Waals surface area contributed by atoms with Gasteiger partial charge in [0, 0.05) is 12.6 Å². The van der Waals surface area contributed by atoms with Gasteiger partial charge in [-0.15, -0.1) is 4.73 Å². The van der Waals surface area contributed by atoms with E-state index in [1.54, 1.807) is 6.07 Å². The Morgan fingerprint density at radius 2 is 1.74 bits per heavy atom. The number of aromatic nitrogens is 2. The SMILES string of the molecule is CCCCCCCCCCN=c1cc(OCCC)nc(N)n1O. The smallest absolute Gasteiger partial charge is 0.239 e. The molecule has 6 heteroatoms. The van der Waals surface area contributed by atoms with Crippen molar-refractivity contribution in [2.45, 2.75) is 71.6 Å². The van der Waals surface area contributed by atoms with Gasteiger partial charge in [-0.05, 0) is 12.8 Å². The Bertz CT molecular complexity index is 500. The Kier molecular flexibility index (Phi) is 9.91. The molecule has 0 fully saturated rings. The molecule has 23 heavy (non-hydrogen) atoms. The minimum absolute atomic E-state index is 0.00622. The van der Waals surface area contributed by atoms with Crippen molar-refractivity contribution in [3.8, 4) is 5.88 Å². The summed E-state index contributed by atoms with van der Waals surface area (Å²) in [4.78, 5) is 8.37. The van der Waals surface area contributed by atoms with Gasteiger partial charge >= 0.3 is 0 Å². The molecule has 3 N–H and O–H groups in total. The molecule has 0 spiro atoms. The van der Waals surface area contributed by atoms with Crippen LogP contribution in [0.1, 0.15) is 71.6 Å². The van der Waals surface area contributed by atoms with Crippen molar-refractivity contribution >= 4 is 5.95 Å². The maximum Gasteiger partial charge on any atom is 0.239 e. The van der Waals surface area contributed by atoms with E-state index in [0.29, 0.717) is 24.5 Å². The van der Waals surface area contributed by atoms with Crippen molar-refractivity contribution in [3.63, 3.8) is 0 Å². The molecule has 0 aliphatic carbocycles. The molecule has 0 saturated carbocycles. The number of anilines is 1. The summed E-state index contributed by atoms with van der Waals surface area (Å²) in [5.41, 5.74) is 6.06. The maximum atomic E-state index is 9.85. The van der Waals surface area contributed by atoms with Crippen LogP contribution in [0, 0.1) is 0 Å². The molecule has 0 bridgehead atoms. The van der Waals surface area contributed by atoms with Gasteiger partial charge in [0.05, 0.1) is 6.61 Å². The lowest BCUT2D eigenvalue weighted by molar-refractivity contribution is 0.172. The summed E-state index contributed by atoms with van der Waals surface area (Å²) in [6.45, 7) is 5.50. The van der Waals surface area contributed by atoms with Crippen LogP contribution in [-0.2, 0) is 0 Å². The van der Waals surface area contributed by atoms with Crippen molar-refractivity contribution in [1.29, 1.82) is 0 Å². The van der Waals surface area contributed by atoms with E-state index < -0.39 is 0 Å². The number of ether oxygens (including phenoxy) is 1. The van der Waals surface area contributed by atoms with Crippen molar-refractivity contribution in [1.82, 2.24) is 9.71 Å². The van der Waals surface area contributed by atoms with E-state index in [0.717, 1.165) is 17.6 Å². The number of unbranched alkanes of at least 4 members (excludes halogenated alkanes) is 7. The molecule has 0 radical (unpaired) electrons. The van der Waals surface area contributed by atoms with Gasteiger partial charge in [-0.1, -0.05) is 58.8 Å². The van der Waals surface area contributed by atoms with Gasteiger partial charge in [0.2, 0.25) is 11.8 Å². The summed E-state index contributed by atoms with van der Waals surface area (Å²) in [7, 11) is 0. The van der Waals surface area contributed by atoms with Crippen LogP contribution in [0.4, 0.5) is 5.95 Å². The second-order valence-corrected chi connectivity index (χ2v) is 5.83. The highest BCUT2D eigenvalue weighted by molar-refractivity contribution is 5.21. The van der Waals surface area contributed by atoms with Crippen LogP contribution in [-0.4, -0.2) is 28.1 Å². The molecular weight excluding hydrogens is 292 g/mol. The van der Waals surface area contributed by atoms with Gasteiger partial charge in [0.1, 0.15) is 0 Å². The van der Waals surface area contributed by atoms with E-state index in [1.807, 2.05) is 6.92 Å². The fraction of sp³-hybridized carbons (Fsp3) is 0.765. The van der Waals surface area contributed by atoms with E-state index in [-0.39, 0.29) is 5.95 Å². The Hall–Kier alpha value is -1.72. The number of hydrogen-bond acceptors (Lipinski definition) is 5. The molecule has 1 aromatic rings. The van der Waals surface area contributed by atoms with Crippen LogP contribution in [0.5, 0.6) is 5.88 Å². The number of nitrogens with zero attached hydrogens (tertiary/aromatic N) is 3. The predicted octanol–water partition coefficient (Wildman–Crippen LogP) is 3.53. The van der Waals surface area contributed by atoms with Gasteiger partial charge in [-0.2, -0.15) is 4.98 Å². The Labute approximate surface area is 139 Å². The van der Waals surface area contributed by atoms with Crippen molar-refractivity contribution in [2.75, 3.05) is 18.9 Å². The Morgan fingerprint density at radius 1 is 1.09 bits per heavy atom. The zero-order valence-corrected chi connectivity index (χ0v) is 14.6. The quantitative estimate of drug-likeness (QED) is 0.455. The third-order valence-corrected chi connectivity index (χ3v) is 3.65. The molecule has 0 aromatic carbocycles. The van der Waals surface area contributed by atoms with Crippen LogP contribution in [0.25, 0.3) is 0 Å². The first kappa shape index (κ1) is 19.3. The lowest BCUT2D eigenvalue weighted by Crippen LogP contribution is -2.24. The van der Waals surface area contributed by atoms with Crippen molar-refractivity contribution in [2.24, 2.45) is 4.99 Å². The Morgan fingerprint density at radius 3 is 2.39 bits per heavy atom. The number of rotatable bonds is 12. The standard InChI is InChI=1S/C17H32N4O2/c1-3-5-6-7-8-9-10-11-12-19-15-14-16(23-13-4-2)20-17(18)21(15)22/h14,22H,3-13H2,1-2H3,(H2,18,20). The molecule has 1 rings (SSSR count). The van der Waals surface area contributed by atoms with E-state index >= 15 is 0 Å². The molecule has 0 saturated heterocycles. The van der Waals surface area contributed by atoms with Crippen LogP contribution in [0.15, 0.2) is 11.1 Å². The number of nitrogens with two attached hydrogens (primary N) is 1. The summed E-state index contributed by atoms with van der Waals surface area (Å²) in [5, 5.41) is 9.85. The normalized spacial score (nSPS) is 11.8. The fourth-order valence-electron chi connectivity index (χ4n) is 2.31. The first-order chi connectivity index (χ1) is 11.2. The Balaban J connectivity index is 2.39. The molecule has 0 amide bonds. The molecule has 132 valence electrons. The first-order valence-corrected chi connectivity index (χ1v) is 8.91. The molecule has 0 unspecified atom stereocenters. The monoisotopic (exact) mass is 324 g/mol. The highest BCUT2D eigenvalue weighted by Gasteiger charge is 2.03. The minimum Gasteiger partial charge on any atom is -0.477 e. The topological polar surface area (TPSA) is 85.7 Å². The maximum absolute atomic E-state index is 9.85. The summed E-state index contributed by atoms with van der Waals surface area (Å²) >= 11 is 0. The molecule has 0 aliphatic rings. The highest BCUT2D eigenvalue weighted by Crippen LogP contribution is 2.08.